The molecule has 1 atom stereocenters. The Morgan fingerprint density at radius 3 is 2.77 bits per heavy atom. The maximum absolute atomic E-state index is 12.4. The molecule has 1 amide bonds. The predicted molar refractivity (Wildman–Crippen MR) is 104 cm³/mol. The summed E-state index contributed by atoms with van der Waals surface area (Å²) in [4.78, 5) is 29.7. The third kappa shape index (κ3) is 4.19. The second kappa shape index (κ2) is 7.18. The Balaban J connectivity index is 1.69. The zero-order valence-electron chi connectivity index (χ0n) is 14.6. The van der Waals surface area contributed by atoms with Crippen LogP contribution in [0.15, 0.2) is 18.2 Å². The van der Waals surface area contributed by atoms with Gasteiger partial charge in [0.1, 0.15) is 5.75 Å². The molecule has 2 aromatic rings. The number of amides is 1. The van der Waals surface area contributed by atoms with Crippen LogP contribution in [0, 0.1) is 5.41 Å². The van der Waals surface area contributed by atoms with Crippen LogP contribution in [0.1, 0.15) is 42.6 Å². The highest BCUT2D eigenvalue weighted by atomic mass is 35.5. The van der Waals surface area contributed by atoms with Crippen molar-refractivity contribution < 1.29 is 14.3 Å². The summed E-state index contributed by atoms with van der Waals surface area (Å²) in [7, 11) is 0. The second-order valence-corrected chi connectivity index (χ2v) is 8.90. The van der Waals surface area contributed by atoms with Gasteiger partial charge in [-0.25, -0.2) is 4.98 Å². The summed E-state index contributed by atoms with van der Waals surface area (Å²) in [5, 5.41) is 3.94. The molecule has 3 rings (SSSR count). The monoisotopic (exact) mass is 412 g/mol. The Morgan fingerprint density at radius 1 is 1.35 bits per heavy atom. The van der Waals surface area contributed by atoms with Crippen molar-refractivity contribution in [3.05, 3.63) is 38.8 Å². The maximum atomic E-state index is 12.4. The van der Waals surface area contributed by atoms with Crippen molar-refractivity contribution in [2.75, 3.05) is 5.32 Å². The molecule has 0 spiro atoms. The van der Waals surface area contributed by atoms with E-state index in [1.54, 1.807) is 25.1 Å². The molecule has 5 nitrogen and oxygen atoms in total. The lowest BCUT2D eigenvalue weighted by molar-refractivity contribution is -0.122. The molecule has 1 N–H and O–H groups in total. The van der Waals surface area contributed by atoms with Gasteiger partial charge in [0.2, 0.25) is 0 Å². The molecule has 1 aromatic carbocycles. The van der Waals surface area contributed by atoms with Crippen molar-refractivity contribution in [2.24, 2.45) is 5.41 Å². The lowest BCUT2D eigenvalue weighted by Gasteiger charge is -2.26. The van der Waals surface area contributed by atoms with Gasteiger partial charge in [0, 0.05) is 11.4 Å². The van der Waals surface area contributed by atoms with E-state index in [2.05, 4.69) is 10.3 Å². The first-order valence-electron chi connectivity index (χ1n) is 8.10. The number of Topliss-reactive ketones (excluding diaryl/α,β-unsaturated/α-hetero) is 1. The first kappa shape index (κ1) is 19.1. The van der Waals surface area contributed by atoms with Crippen molar-refractivity contribution in [1.29, 1.82) is 0 Å². The normalized spacial score (nSPS) is 16.7. The Morgan fingerprint density at radius 2 is 2.08 bits per heavy atom. The number of aromatic nitrogens is 1. The van der Waals surface area contributed by atoms with Gasteiger partial charge in [-0.1, -0.05) is 48.4 Å². The van der Waals surface area contributed by atoms with E-state index in [0.29, 0.717) is 38.6 Å². The fraction of sp³-hybridized carbons (Fsp3) is 0.389. The number of nitrogens with zero attached hydrogens (tertiary/aromatic N) is 1. The average Bonchev–Trinajstić information content (AvgIpc) is 2.91. The molecule has 0 bridgehead atoms. The van der Waals surface area contributed by atoms with Gasteiger partial charge in [-0.05, 0) is 37.0 Å². The molecule has 0 radical (unpaired) electrons. The van der Waals surface area contributed by atoms with Crippen molar-refractivity contribution >= 4 is 51.4 Å². The van der Waals surface area contributed by atoms with Gasteiger partial charge in [0.15, 0.2) is 17.0 Å². The minimum absolute atomic E-state index is 0.0755. The number of ketones is 1. The predicted octanol–water partition coefficient (Wildman–Crippen LogP) is 5.01. The highest BCUT2D eigenvalue weighted by Gasteiger charge is 2.34. The van der Waals surface area contributed by atoms with Crippen LogP contribution >= 0.6 is 34.5 Å². The Kier molecular flexibility index (Phi) is 5.28. The number of halogens is 2. The summed E-state index contributed by atoms with van der Waals surface area (Å²) in [6, 6.07) is 4.79. The first-order chi connectivity index (χ1) is 12.1. The summed E-state index contributed by atoms with van der Waals surface area (Å²) in [6.07, 6.45) is 0.415. The molecule has 8 heteroatoms. The summed E-state index contributed by atoms with van der Waals surface area (Å²) in [5.74, 6) is 0.0781. The van der Waals surface area contributed by atoms with E-state index in [1.165, 1.54) is 11.3 Å². The number of benzene rings is 1. The third-order valence-electron chi connectivity index (χ3n) is 4.03. The van der Waals surface area contributed by atoms with Crippen molar-refractivity contribution in [3.8, 4) is 5.75 Å². The molecule has 1 heterocycles. The van der Waals surface area contributed by atoms with E-state index >= 15 is 0 Å². The van der Waals surface area contributed by atoms with E-state index in [9.17, 15) is 9.59 Å². The van der Waals surface area contributed by atoms with Gasteiger partial charge < -0.3 is 4.74 Å². The number of carbonyl (C=O) groups excluding carboxylic acids is 2. The van der Waals surface area contributed by atoms with Crippen LogP contribution in [0.3, 0.4) is 0 Å². The Labute approximate surface area is 165 Å². The number of hydrogen-bond acceptors (Lipinski definition) is 5. The Hall–Kier alpha value is -1.63. The standard InChI is InChI=1S/C18H18Cl2N2O3S/c1-9(25-14-5-4-10(19)6-11(14)20)16(24)22-17-21-12-7-18(2,3)8-13(23)15(12)26-17/h4-6,9H,7-8H2,1-3H3,(H,21,22,24)/t9-/m1/s1. The zero-order valence-corrected chi connectivity index (χ0v) is 16.9. The van der Waals surface area contributed by atoms with Gasteiger partial charge in [0.25, 0.3) is 5.91 Å². The number of anilines is 1. The summed E-state index contributed by atoms with van der Waals surface area (Å²) >= 11 is 13.1. The van der Waals surface area contributed by atoms with E-state index < -0.39 is 6.10 Å². The number of fused-ring (bicyclic) bond motifs is 1. The minimum Gasteiger partial charge on any atom is -0.479 e. The molecule has 26 heavy (non-hydrogen) atoms. The molecule has 0 aliphatic heterocycles. The molecular formula is C18H18Cl2N2O3S. The maximum Gasteiger partial charge on any atom is 0.266 e. The molecule has 1 aliphatic rings. The summed E-state index contributed by atoms with van der Waals surface area (Å²) in [6.45, 7) is 5.69. The van der Waals surface area contributed by atoms with Crippen LogP contribution in [0.2, 0.25) is 10.0 Å². The number of nitrogens with one attached hydrogen (secondary N) is 1. The Bertz CT molecular complexity index is 879. The van der Waals surface area contributed by atoms with Crippen molar-refractivity contribution in [2.45, 2.75) is 39.7 Å². The number of thiazole rings is 1. The molecule has 1 aliphatic carbocycles. The number of carbonyl (C=O) groups is 2. The number of rotatable bonds is 4. The molecular weight excluding hydrogens is 395 g/mol. The quantitative estimate of drug-likeness (QED) is 0.765. The minimum atomic E-state index is -0.790. The zero-order chi connectivity index (χ0) is 19.1. The number of ether oxygens (including phenoxy) is 1. The van der Waals surface area contributed by atoms with Gasteiger partial charge >= 0.3 is 0 Å². The highest BCUT2D eigenvalue weighted by molar-refractivity contribution is 7.17. The van der Waals surface area contributed by atoms with E-state index in [0.717, 1.165) is 5.69 Å². The van der Waals surface area contributed by atoms with Crippen LogP contribution < -0.4 is 10.1 Å². The molecule has 0 fully saturated rings. The first-order valence-corrected chi connectivity index (χ1v) is 9.67. The highest BCUT2D eigenvalue weighted by Crippen LogP contribution is 2.38. The van der Waals surface area contributed by atoms with Crippen LogP contribution in [0.4, 0.5) is 5.13 Å². The second-order valence-electron chi connectivity index (χ2n) is 7.06. The van der Waals surface area contributed by atoms with Crippen LogP contribution in [0.25, 0.3) is 0 Å². The van der Waals surface area contributed by atoms with Gasteiger partial charge in [-0.15, -0.1) is 0 Å². The lowest BCUT2D eigenvalue weighted by Crippen LogP contribution is -2.30. The van der Waals surface area contributed by atoms with Crippen LogP contribution in [0.5, 0.6) is 5.75 Å². The van der Waals surface area contributed by atoms with Gasteiger partial charge in [-0.2, -0.15) is 0 Å². The van der Waals surface area contributed by atoms with Crippen molar-refractivity contribution in [3.63, 3.8) is 0 Å². The van der Waals surface area contributed by atoms with Crippen LogP contribution in [-0.2, 0) is 11.2 Å². The van der Waals surface area contributed by atoms with E-state index in [1.807, 2.05) is 13.8 Å². The molecule has 0 saturated heterocycles. The summed E-state index contributed by atoms with van der Waals surface area (Å²) in [5.41, 5.74) is 0.641. The van der Waals surface area contributed by atoms with Crippen LogP contribution in [-0.4, -0.2) is 22.8 Å². The topological polar surface area (TPSA) is 68.3 Å². The molecule has 0 saturated carbocycles. The molecule has 0 unspecified atom stereocenters. The van der Waals surface area contributed by atoms with E-state index in [-0.39, 0.29) is 17.1 Å². The fourth-order valence-electron chi connectivity index (χ4n) is 2.80. The summed E-state index contributed by atoms with van der Waals surface area (Å²) < 4.78 is 5.60. The largest absolute Gasteiger partial charge is 0.479 e. The fourth-order valence-corrected chi connectivity index (χ4v) is 4.17. The number of hydrogen-bond donors (Lipinski definition) is 1. The van der Waals surface area contributed by atoms with Gasteiger partial charge in [-0.3, -0.25) is 14.9 Å². The van der Waals surface area contributed by atoms with E-state index in [4.69, 9.17) is 27.9 Å². The van der Waals surface area contributed by atoms with Crippen molar-refractivity contribution in [1.82, 2.24) is 4.98 Å². The lowest BCUT2D eigenvalue weighted by atomic mass is 9.78. The SMILES string of the molecule is C[C@@H](Oc1ccc(Cl)cc1Cl)C(=O)Nc1nc2c(s1)C(=O)CC(C)(C)C2. The third-order valence-corrected chi connectivity index (χ3v) is 5.62. The molecule has 138 valence electrons. The molecule has 1 aromatic heterocycles. The average molecular weight is 413 g/mol. The smallest absolute Gasteiger partial charge is 0.266 e. The van der Waals surface area contributed by atoms with Gasteiger partial charge in [0.05, 0.1) is 15.6 Å².